The summed E-state index contributed by atoms with van der Waals surface area (Å²) in [5.74, 6) is -6.42. The zero-order valence-corrected chi connectivity index (χ0v) is 25.6. The standard InChI is InChI=1S/C20H23F3N2O3.C14H23N/c1-2-14(5-4-10-21)18-16(6-3-9-20(22,23)19(27)28)24-17-11-13(12-26)7-8-15(17)25-18;1-4-13-9-8-12(2)14(11-13)7-5-6-10-15-3/h2,4,8,10-11,13-14,26H,1,3,5-7,9,12H2,(H,27,28);8-9,11,15H,4-7,10H2,1-3H3/b10-4+;. The van der Waals surface area contributed by atoms with Gasteiger partial charge < -0.3 is 15.5 Å². The lowest BCUT2D eigenvalue weighted by molar-refractivity contribution is -0.165. The molecule has 3 N–H and O–H groups in total. The number of carbonyl (C=O) groups is 1. The quantitative estimate of drug-likeness (QED) is 0.178. The number of unbranched alkanes of at least 4 members (excludes halogenated alkanes) is 1. The molecule has 43 heavy (non-hydrogen) atoms. The van der Waals surface area contributed by atoms with Crippen LogP contribution in [0.25, 0.3) is 12.2 Å². The van der Waals surface area contributed by atoms with Crippen molar-refractivity contribution in [2.45, 2.75) is 83.5 Å². The molecule has 0 aliphatic heterocycles. The minimum Gasteiger partial charge on any atom is -0.477 e. The number of aromatic nitrogens is 2. The van der Waals surface area contributed by atoms with Crippen molar-refractivity contribution in [2.75, 3.05) is 20.2 Å². The zero-order valence-electron chi connectivity index (χ0n) is 25.6. The van der Waals surface area contributed by atoms with Crippen LogP contribution in [-0.4, -0.2) is 52.3 Å². The van der Waals surface area contributed by atoms with Gasteiger partial charge in [0.2, 0.25) is 0 Å². The van der Waals surface area contributed by atoms with Crippen molar-refractivity contribution in [2.24, 2.45) is 5.92 Å². The third kappa shape index (κ3) is 11.4. The summed E-state index contributed by atoms with van der Waals surface area (Å²) in [5.41, 5.74) is 5.39. The van der Waals surface area contributed by atoms with Gasteiger partial charge in [-0.25, -0.2) is 19.2 Å². The van der Waals surface area contributed by atoms with E-state index in [2.05, 4.69) is 53.9 Å². The van der Waals surface area contributed by atoms with Crippen LogP contribution in [0.2, 0.25) is 0 Å². The van der Waals surface area contributed by atoms with Crippen molar-refractivity contribution < 1.29 is 28.2 Å². The SMILES string of the molecule is C=CC(C/C=C/F)c1nc2c(nc1CCCC(F)(F)C(=O)O)=CC(CO)CC=2.CCc1ccc(C)c(CCCCNC)c1. The molecule has 0 fully saturated rings. The lowest BCUT2D eigenvalue weighted by atomic mass is 9.95. The average molecular weight is 602 g/mol. The van der Waals surface area contributed by atoms with Crippen LogP contribution in [0.4, 0.5) is 13.2 Å². The molecule has 0 saturated heterocycles. The lowest BCUT2D eigenvalue weighted by Crippen LogP contribution is -2.38. The summed E-state index contributed by atoms with van der Waals surface area (Å²) in [6.45, 7) is 9.26. The average Bonchev–Trinajstić information content (AvgIpc) is 3.00. The number of aliphatic carboxylic acids is 1. The number of benzene rings is 1. The number of carboxylic acid groups (broad SMARTS) is 1. The molecule has 2 aromatic rings. The maximum Gasteiger partial charge on any atom is 0.374 e. The predicted molar refractivity (Wildman–Crippen MR) is 166 cm³/mol. The van der Waals surface area contributed by atoms with E-state index in [0.717, 1.165) is 13.0 Å². The van der Waals surface area contributed by atoms with Crippen LogP contribution in [0.15, 0.2) is 43.3 Å². The van der Waals surface area contributed by atoms with Gasteiger partial charge in [0, 0.05) is 24.9 Å². The topological polar surface area (TPSA) is 95.3 Å². The van der Waals surface area contributed by atoms with E-state index >= 15 is 0 Å². The molecule has 1 aliphatic carbocycles. The number of hydrogen-bond donors (Lipinski definition) is 3. The number of carboxylic acids is 1. The number of nitrogens with one attached hydrogen (secondary N) is 1. The highest BCUT2D eigenvalue weighted by Gasteiger charge is 2.38. The van der Waals surface area contributed by atoms with Gasteiger partial charge in [0.05, 0.1) is 28.4 Å². The monoisotopic (exact) mass is 601 g/mol. The van der Waals surface area contributed by atoms with Crippen LogP contribution in [0.1, 0.15) is 79.4 Å². The van der Waals surface area contributed by atoms with E-state index in [0.29, 0.717) is 34.8 Å². The van der Waals surface area contributed by atoms with E-state index in [1.807, 2.05) is 13.1 Å². The second kappa shape index (κ2) is 18.4. The Labute approximate surface area is 253 Å². The largest absolute Gasteiger partial charge is 0.477 e. The summed E-state index contributed by atoms with van der Waals surface area (Å²) in [6.07, 6.45) is 11.9. The number of rotatable bonds is 16. The van der Waals surface area contributed by atoms with Gasteiger partial charge in [-0.2, -0.15) is 8.78 Å². The first-order chi connectivity index (χ1) is 20.6. The molecule has 1 aliphatic rings. The van der Waals surface area contributed by atoms with Gasteiger partial charge in [-0.1, -0.05) is 49.4 Å². The number of fused-ring (bicyclic) bond motifs is 1. The molecule has 0 amide bonds. The molecule has 0 saturated carbocycles. The lowest BCUT2D eigenvalue weighted by Gasteiger charge is -2.17. The Morgan fingerprint density at radius 2 is 1.98 bits per heavy atom. The van der Waals surface area contributed by atoms with Crippen LogP contribution in [0.5, 0.6) is 0 Å². The fourth-order valence-corrected chi connectivity index (χ4v) is 4.88. The van der Waals surface area contributed by atoms with Crippen molar-refractivity contribution in [1.82, 2.24) is 15.3 Å². The zero-order chi connectivity index (χ0) is 31.8. The first-order valence-corrected chi connectivity index (χ1v) is 15.0. The fourth-order valence-electron chi connectivity index (χ4n) is 4.88. The summed E-state index contributed by atoms with van der Waals surface area (Å²) >= 11 is 0. The highest BCUT2D eigenvalue weighted by atomic mass is 19.3. The number of hydrogen-bond acceptors (Lipinski definition) is 5. The number of halogens is 3. The molecule has 0 radical (unpaired) electrons. The molecule has 9 heteroatoms. The van der Waals surface area contributed by atoms with Crippen LogP contribution in [0.3, 0.4) is 0 Å². The molecule has 236 valence electrons. The Kier molecular flexibility index (Phi) is 15.3. The van der Waals surface area contributed by atoms with Crippen molar-refractivity contribution in [3.05, 3.63) is 82.0 Å². The van der Waals surface area contributed by atoms with Gasteiger partial charge >= 0.3 is 11.9 Å². The van der Waals surface area contributed by atoms with E-state index in [4.69, 9.17) is 5.11 Å². The Bertz CT molecular complexity index is 1340. The van der Waals surface area contributed by atoms with Crippen molar-refractivity contribution in [3.8, 4) is 0 Å². The Hall–Kier alpha value is -3.30. The first kappa shape index (κ1) is 35.9. The summed E-state index contributed by atoms with van der Waals surface area (Å²) in [4.78, 5) is 19.7. The smallest absolute Gasteiger partial charge is 0.374 e. The van der Waals surface area contributed by atoms with Gasteiger partial charge in [-0.15, -0.1) is 6.58 Å². The molecular formula is C34H46F3N3O3. The Balaban J connectivity index is 0.000000362. The van der Waals surface area contributed by atoms with E-state index in [1.165, 1.54) is 42.0 Å². The second-order valence-corrected chi connectivity index (χ2v) is 10.9. The molecule has 1 aromatic heterocycles. The maximum absolute atomic E-state index is 13.4. The van der Waals surface area contributed by atoms with Gasteiger partial charge in [-0.05, 0) is 88.6 Å². The molecule has 0 bridgehead atoms. The first-order valence-electron chi connectivity index (χ1n) is 15.0. The molecule has 1 heterocycles. The summed E-state index contributed by atoms with van der Waals surface area (Å²) in [6, 6.07) is 6.87. The summed E-state index contributed by atoms with van der Waals surface area (Å²) < 4.78 is 39.2. The maximum atomic E-state index is 13.4. The number of aliphatic hydroxyl groups is 1. The number of allylic oxidation sites excluding steroid dienone is 2. The molecular weight excluding hydrogens is 555 g/mol. The van der Waals surface area contributed by atoms with Gasteiger partial charge in [0.1, 0.15) is 0 Å². The van der Waals surface area contributed by atoms with Gasteiger partial charge in [-0.3, -0.25) is 0 Å². The van der Waals surface area contributed by atoms with E-state index < -0.39 is 18.3 Å². The molecule has 2 unspecified atom stereocenters. The highest BCUT2D eigenvalue weighted by Crippen LogP contribution is 2.25. The minimum atomic E-state index is -3.81. The normalized spacial score (nSPS) is 15.1. The van der Waals surface area contributed by atoms with E-state index in [1.54, 1.807) is 12.2 Å². The van der Waals surface area contributed by atoms with Gasteiger partial charge in [0.25, 0.3) is 0 Å². The molecule has 0 spiro atoms. The van der Waals surface area contributed by atoms with Crippen molar-refractivity contribution >= 4 is 18.1 Å². The Morgan fingerprint density at radius 3 is 2.60 bits per heavy atom. The fraction of sp³-hybridized carbons (Fsp3) is 0.500. The van der Waals surface area contributed by atoms with Crippen LogP contribution in [-0.2, 0) is 24.1 Å². The number of aliphatic hydroxyl groups excluding tert-OH is 1. The van der Waals surface area contributed by atoms with E-state index in [-0.39, 0.29) is 37.7 Å². The number of aryl methyl sites for hydroxylation is 4. The molecule has 1 aromatic carbocycles. The summed E-state index contributed by atoms with van der Waals surface area (Å²) in [5, 5.41) is 22.3. The molecule has 3 rings (SSSR count). The minimum absolute atomic E-state index is 0.0455. The predicted octanol–water partition coefficient (Wildman–Crippen LogP) is 5.33. The number of alkyl halides is 2. The van der Waals surface area contributed by atoms with Crippen molar-refractivity contribution in [1.29, 1.82) is 0 Å². The third-order valence-electron chi connectivity index (χ3n) is 7.57. The van der Waals surface area contributed by atoms with Crippen LogP contribution < -0.4 is 16.0 Å². The summed E-state index contributed by atoms with van der Waals surface area (Å²) in [7, 11) is 2.02. The van der Waals surface area contributed by atoms with Crippen molar-refractivity contribution in [3.63, 3.8) is 0 Å². The highest BCUT2D eigenvalue weighted by molar-refractivity contribution is 5.75. The van der Waals surface area contributed by atoms with Crippen LogP contribution in [0, 0.1) is 12.8 Å². The Morgan fingerprint density at radius 1 is 1.21 bits per heavy atom. The number of nitrogens with zero attached hydrogens (tertiary/aromatic N) is 2. The van der Waals surface area contributed by atoms with E-state index in [9.17, 15) is 23.1 Å². The molecule has 6 nitrogen and oxygen atoms in total. The second-order valence-electron chi connectivity index (χ2n) is 10.9. The molecule has 2 atom stereocenters. The third-order valence-corrected chi connectivity index (χ3v) is 7.57. The van der Waals surface area contributed by atoms with Crippen LogP contribution >= 0.6 is 0 Å². The van der Waals surface area contributed by atoms with Gasteiger partial charge in [0.15, 0.2) is 0 Å².